The highest BCUT2D eigenvalue weighted by atomic mass is 79.9. The third-order valence-electron chi connectivity index (χ3n) is 5.83. The van der Waals surface area contributed by atoms with E-state index in [-0.39, 0.29) is 17.3 Å². The summed E-state index contributed by atoms with van der Waals surface area (Å²) in [5.41, 5.74) is 2.94. The van der Waals surface area contributed by atoms with Crippen LogP contribution < -0.4 is 0 Å². The topological polar surface area (TPSA) is 72.8 Å². The van der Waals surface area contributed by atoms with Crippen molar-refractivity contribution >= 4 is 62.7 Å². The Kier molecular flexibility index (Phi) is 10.5. The lowest BCUT2D eigenvalue weighted by molar-refractivity contribution is -0.140. The zero-order chi connectivity index (χ0) is 28.5. The maximum Gasteiger partial charge on any atom is 0.331 e. The van der Waals surface area contributed by atoms with Gasteiger partial charge < -0.3 is 4.84 Å². The van der Waals surface area contributed by atoms with Crippen molar-refractivity contribution in [3.63, 3.8) is 0 Å². The first-order valence-corrected chi connectivity index (χ1v) is 15.1. The Hall–Kier alpha value is -3.46. The van der Waals surface area contributed by atoms with Crippen molar-refractivity contribution in [2.24, 2.45) is 5.16 Å². The van der Waals surface area contributed by atoms with Gasteiger partial charge in [0.25, 0.3) is 0 Å². The number of nitrogens with zero attached hydrogens (tertiary/aromatic N) is 1. The lowest BCUT2D eigenvalue weighted by atomic mass is 9.99. The maximum atomic E-state index is 13.2. The number of oxime groups is 1. The number of carbonyl (C=O) groups is 3. The second-order valence-corrected chi connectivity index (χ2v) is 12.0. The standard InChI is InChI=1S/C32H26BrNO4S2/c1-21-5-3-4-6-29(21)31(36)23-7-13-27(14-8-23)40-28-15-9-24(10-16-28)32(37)30(34-38-22(2)35)19-20-39-26-17-11-25(33)12-18-26/h3-18H,19-20H2,1-2H3. The van der Waals surface area contributed by atoms with Gasteiger partial charge in [0, 0.05) is 54.9 Å². The van der Waals surface area contributed by atoms with Crippen LogP contribution in [0.5, 0.6) is 0 Å². The molecule has 0 spiro atoms. The zero-order valence-corrected chi connectivity index (χ0v) is 25.1. The fourth-order valence-corrected chi connectivity index (χ4v) is 5.69. The summed E-state index contributed by atoms with van der Waals surface area (Å²) in [6.07, 6.45) is 0.344. The molecule has 4 aromatic carbocycles. The lowest BCUT2D eigenvalue weighted by Crippen LogP contribution is -2.16. The molecule has 0 aliphatic heterocycles. The number of Topliss-reactive ketones (excluding diaryl/α,β-unsaturated/α-hetero) is 1. The Morgan fingerprint density at radius 3 is 1.95 bits per heavy atom. The molecule has 0 N–H and O–H groups in total. The summed E-state index contributed by atoms with van der Waals surface area (Å²) >= 11 is 6.55. The van der Waals surface area contributed by atoms with E-state index in [0.717, 1.165) is 24.7 Å². The quantitative estimate of drug-likeness (QED) is 0.0544. The Balaban J connectivity index is 1.39. The van der Waals surface area contributed by atoms with Gasteiger partial charge in [-0.1, -0.05) is 57.1 Å². The van der Waals surface area contributed by atoms with Crippen molar-refractivity contribution in [3.8, 4) is 0 Å². The van der Waals surface area contributed by atoms with Gasteiger partial charge in [-0.05, 0) is 85.3 Å². The molecule has 0 bridgehead atoms. The summed E-state index contributed by atoms with van der Waals surface area (Å²) in [5.74, 6) is -0.263. The number of hydrogen-bond acceptors (Lipinski definition) is 7. The number of thioether (sulfide) groups is 1. The van der Waals surface area contributed by atoms with Crippen LogP contribution in [0.2, 0.25) is 0 Å². The van der Waals surface area contributed by atoms with Crippen molar-refractivity contribution in [2.75, 3.05) is 5.75 Å². The molecule has 0 aromatic heterocycles. The molecule has 0 fully saturated rings. The van der Waals surface area contributed by atoms with E-state index in [1.807, 2.05) is 91.9 Å². The minimum atomic E-state index is -0.579. The molecule has 0 aliphatic rings. The largest absolute Gasteiger partial charge is 0.331 e. The molecular formula is C32H26BrNO4S2. The average molecular weight is 633 g/mol. The molecule has 0 saturated carbocycles. The molecule has 0 amide bonds. The fraction of sp³-hybridized carbons (Fsp3) is 0.125. The van der Waals surface area contributed by atoms with Crippen molar-refractivity contribution in [1.29, 1.82) is 0 Å². The second-order valence-electron chi connectivity index (χ2n) is 8.80. The number of aryl methyl sites for hydroxylation is 1. The van der Waals surface area contributed by atoms with E-state index < -0.39 is 5.97 Å². The van der Waals surface area contributed by atoms with Gasteiger partial charge in [0.1, 0.15) is 5.71 Å². The summed E-state index contributed by atoms with van der Waals surface area (Å²) in [6, 6.07) is 30.2. The third-order valence-corrected chi connectivity index (χ3v) is 8.38. The molecule has 0 atom stereocenters. The number of rotatable bonds is 11. The highest BCUT2D eigenvalue weighted by Gasteiger charge is 2.16. The van der Waals surface area contributed by atoms with E-state index in [0.29, 0.717) is 28.9 Å². The van der Waals surface area contributed by atoms with Gasteiger partial charge >= 0.3 is 5.97 Å². The molecule has 8 heteroatoms. The Labute approximate surface area is 250 Å². The van der Waals surface area contributed by atoms with Gasteiger partial charge in [-0.15, -0.1) is 11.8 Å². The molecule has 0 radical (unpaired) electrons. The Bertz CT molecular complexity index is 1530. The highest BCUT2D eigenvalue weighted by molar-refractivity contribution is 9.10. The molecular weight excluding hydrogens is 606 g/mol. The summed E-state index contributed by atoms with van der Waals surface area (Å²) in [4.78, 5) is 45.2. The van der Waals surface area contributed by atoms with Gasteiger partial charge in [0.05, 0.1) is 0 Å². The van der Waals surface area contributed by atoms with Crippen molar-refractivity contribution in [2.45, 2.75) is 35.0 Å². The molecule has 0 heterocycles. The summed E-state index contributed by atoms with van der Waals surface area (Å²) in [7, 11) is 0. The lowest BCUT2D eigenvalue weighted by Gasteiger charge is -2.08. The van der Waals surface area contributed by atoms with Crippen LogP contribution in [0.4, 0.5) is 0 Å². The number of ketones is 2. The van der Waals surface area contributed by atoms with Crippen LogP contribution >= 0.6 is 39.5 Å². The number of hydrogen-bond donors (Lipinski definition) is 0. The minimum Gasteiger partial charge on any atom is -0.318 e. The Morgan fingerprint density at radius 1 is 0.775 bits per heavy atom. The first kappa shape index (κ1) is 29.5. The number of benzene rings is 4. The molecule has 202 valence electrons. The molecule has 4 aromatic rings. The van der Waals surface area contributed by atoms with Gasteiger partial charge in [-0.2, -0.15) is 0 Å². The van der Waals surface area contributed by atoms with Crippen LogP contribution in [0.3, 0.4) is 0 Å². The van der Waals surface area contributed by atoms with Crippen molar-refractivity contribution < 1.29 is 19.2 Å². The van der Waals surface area contributed by atoms with Gasteiger partial charge in [-0.25, -0.2) is 4.79 Å². The predicted octanol–water partition coefficient (Wildman–Crippen LogP) is 8.42. The van der Waals surface area contributed by atoms with Crippen LogP contribution in [0.15, 0.2) is 121 Å². The van der Waals surface area contributed by atoms with Crippen LogP contribution in [-0.2, 0) is 9.63 Å². The first-order valence-electron chi connectivity index (χ1n) is 12.5. The first-order chi connectivity index (χ1) is 19.3. The molecule has 40 heavy (non-hydrogen) atoms. The van der Waals surface area contributed by atoms with Gasteiger partial charge in [0.15, 0.2) is 5.78 Å². The van der Waals surface area contributed by atoms with Gasteiger partial charge in [-0.3, -0.25) is 9.59 Å². The minimum absolute atomic E-state index is 0.000947. The van der Waals surface area contributed by atoms with E-state index in [1.54, 1.807) is 23.9 Å². The smallest absolute Gasteiger partial charge is 0.318 e. The van der Waals surface area contributed by atoms with Crippen LogP contribution in [0.1, 0.15) is 45.2 Å². The molecule has 5 nitrogen and oxygen atoms in total. The van der Waals surface area contributed by atoms with Crippen LogP contribution in [0, 0.1) is 6.92 Å². The van der Waals surface area contributed by atoms with E-state index in [4.69, 9.17) is 4.84 Å². The predicted molar refractivity (Wildman–Crippen MR) is 165 cm³/mol. The highest BCUT2D eigenvalue weighted by Crippen LogP contribution is 2.29. The SMILES string of the molecule is CC(=O)ON=C(CCSc1ccc(Br)cc1)C(=O)c1ccc(Sc2ccc(C(=O)c3ccccc3C)cc2)cc1. The second kappa shape index (κ2) is 14.3. The molecule has 0 aliphatic carbocycles. The Morgan fingerprint density at radius 2 is 1.35 bits per heavy atom. The van der Waals surface area contributed by atoms with E-state index >= 15 is 0 Å². The third kappa shape index (κ3) is 8.27. The average Bonchev–Trinajstić information content (AvgIpc) is 2.96. The maximum absolute atomic E-state index is 13.2. The van der Waals surface area contributed by atoms with E-state index in [9.17, 15) is 14.4 Å². The normalized spacial score (nSPS) is 11.2. The van der Waals surface area contributed by atoms with Crippen molar-refractivity contribution in [3.05, 3.63) is 124 Å². The zero-order valence-electron chi connectivity index (χ0n) is 21.9. The summed E-state index contributed by atoms with van der Waals surface area (Å²) in [6.45, 7) is 3.18. The summed E-state index contributed by atoms with van der Waals surface area (Å²) < 4.78 is 0.996. The van der Waals surface area contributed by atoms with E-state index in [2.05, 4.69) is 21.1 Å². The fourth-order valence-electron chi connectivity index (χ4n) is 3.75. The van der Waals surface area contributed by atoms with Gasteiger partial charge in [0.2, 0.25) is 5.78 Å². The monoisotopic (exact) mass is 631 g/mol. The molecule has 0 unspecified atom stereocenters. The number of halogens is 1. The van der Waals surface area contributed by atoms with Crippen LogP contribution in [0.25, 0.3) is 0 Å². The number of carbonyl (C=O) groups excluding carboxylic acids is 3. The molecule has 0 saturated heterocycles. The van der Waals surface area contributed by atoms with Crippen LogP contribution in [-0.4, -0.2) is 29.0 Å². The molecule has 4 rings (SSSR count). The van der Waals surface area contributed by atoms with E-state index in [1.165, 1.54) is 18.7 Å². The summed E-state index contributed by atoms with van der Waals surface area (Å²) in [5, 5.41) is 3.85. The van der Waals surface area contributed by atoms with Crippen molar-refractivity contribution in [1.82, 2.24) is 0 Å².